The van der Waals surface area contributed by atoms with Crippen molar-refractivity contribution >= 4 is 27.3 Å². The van der Waals surface area contributed by atoms with Crippen molar-refractivity contribution < 1.29 is 22.7 Å². The Bertz CT molecular complexity index is 1290. The number of hydrogen-bond donors (Lipinski definition) is 1. The fourth-order valence-corrected chi connectivity index (χ4v) is 4.78. The molecule has 0 aliphatic rings. The van der Waals surface area contributed by atoms with Crippen LogP contribution in [-0.2, 0) is 14.8 Å². The van der Waals surface area contributed by atoms with Crippen LogP contribution in [0.3, 0.4) is 0 Å². The molecular formula is C27H31N3O5S. The highest BCUT2D eigenvalue weighted by molar-refractivity contribution is 7.92. The summed E-state index contributed by atoms with van der Waals surface area (Å²) in [7, 11) is -4.04. The lowest BCUT2D eigenvalue weighted by Gasteiger charge is -2.24. The second-order valence-electron chi connectivity index (χ2n) is 7.94. The van der Waals surface area contributed by atoms with E-state index in [1.807, 2.05) is 45.0 Å². The average molecular weight is 510 g/mol. The van der Waals surface area contributed by atoms with Crippen molar-refractivity contribution in [3.05, 3.63) is 83.9 Å². The van der Waals surface area contributed by atoms with E-state index in [2.05, 4.69) is 10.5 Å². The molecule has 3 rings (SSSR count). The van der Waals surface area contributed by atoms with Crippen molar-refractivity contribution in [2.75, 3.05) is 24.1 Å². The van der Waals surface area contributed by atoms with E-state index < -0.39 is 22.5 Å². The number of benzene rings is 3. The monoisotopic (exact) mass is 509 g/mol. The van der Waals surface area contributed by atoms with Gasteiger partial charge in [0.25, 0.3) is 15.9 Å². The first-order chi connectivity index (χ1) is 17.2. The number of nitrogens with one attached hydrogen (secondary N) is 1. The largest absolute Gasteiger partial charge is 0.494 e. The summed E-state index contributed by atoms with van der Waals surface area (Å²) in [4.78, 5) is 12.9. The Hall–Kier alpha value is -3.85. The van der Waals surface area contributed by atoms with E-state index >= 15 is 0 Å². The van der Waals surface area contributed by atoms with E-state index in [1.165, 1.54) is 12.1 Å². The highest BCUT2D eigenvalue weighted by atomic mass is 32.2. The van der Waals surface area contributed by atoms with Crippen LogP contribution in [0.15, 0.2) is 82.8 Å². The van der Waals surface area contributed by atoms with Crippen LogP contribution in [0.1, 0.15) is 31.9 Å². The summed E-state index contributed by atoms with van der Waals surface area (Å²) in [5.41, 5.74) is 5.19. The molecular weight excluding hydrogens is 478 g/mol. The van der Waals surface area contributed by atoms with Crippen molar-refractivity contribution in [1.82, 2.24) is 5.43 Å². The summed E-state index contributed by atoms with van der Waals surface area (Å²) in [5, 5.41) is 4.16. The fourth-order valence-electron chi connectivity index (χ4n) is 3.36. The van der Waals surface area contributed by atoms with Gasteiger partial charge in [-0.15, -0.1) is 0 Å². The molecule has 36 heavy (non-hydrogen) atoms. The van der Waals surface area contributed by atoms with E-state index in [-0.39, 0.29) is 4.90 Å². The van der Waals surface area contributed by atoms with Gasteiger partial charge in [0.1, 0.15) is 18.0 Å². The SMILES string of the molecule is CCOc1ccc(/C(C)=N/NC(=O)CN(c2ccc(C)cc2)S(=O)(=O)c2ccc(OCC)cc2)cc1. The molecule has 1 N–H and O–H groups in total. The molecule has 0 saturated carbocycles. The fraction of sp³-hybridized carbons (Fsp3) is 0.259. The molecule has 1 amide bonds. The van der Waals surface area contributed by atoms with Gasteiger partial charge in [-0.05, 0) is 93.9 Å². The molecule has 0 saturated heterocycles. The Labute approximate surface area is 212 Å². The van der Waals surface area contributed by atoms with Crippen molar-refractivity contribution in [2.24, 2.45) is 5.10 Å². The Kier molecular flexibility index (Phi) is 9.08. The number of rotatable bonds is 11. The van der Waals surface area contributed by atoms with Crippen LogP contribution in [0.25, 0.3) is 0 Å². The van der Waals surface area contributed by atoms with E-state index in [9.17, 15) is 13.2 Å². The number of hydrazone groups is 1. The Balaban J connectivity index is 1.82. The smallest absolute Gasteiger partial charge is 0.264 e. The predicted octanol–water partition coefficient (Wildman–Crippen LogP) is 4.53. The second-order valence-corrected chi connectivity index (χ2v) is 9.80. The van der Waals surface area contributed by atoms with Gasteiger partial charge in [0, 0.05) is 0 Å². The molecule has 9 heteroatoms. The number of nitrogens with zero attached hydrogens (tertiary/aromatic N) is 2. The third-order valence-corrected chi connectivity index (χ3v) is 7.05. The quantitative estimate of drug-likeness (QED) is 0.303. The number of sulfonamides is 1. The van der Waals surface area contributed by atoms with Crippen LogP contribution in [0.5, 0.6) is 11.5 Å². The lowest BCUT2D eigenvalue weighted by atomic mass is 10.1. The average Bonchev–Trinajstić information content (AvgIpc) is 2.87. The number of amides is 1. The van der Waals surface area contributed by atoms with Crippen molar-refractivity contribution in [3.63, 3.8) is 0 Å². The lowest BCUT2D eigenvalue weighted by molar-refractivity contribution is -0.119. The topological polar surface area (TPSA) is 97.3 Å². The molecule has 0 aliphatic carbocycles. The predicted molar refractivity (Wildman–Crippen MR) is 141 cm³/mol. The number of aryl methyl sites for hydroxylation is 1. The zero-order valence-electron chi connectivity index (χ0n) is 20.9. The van der Waals surface area contributed by atoms with Crippen molar-refractivity contribution in [2.45, 2.75) is 32.6 Å². The molecule has 190 valence electrons. The molecule has 0 bridgehead atoms. The Morgan fingerprint density at radius 3 is 1.92 bits per heavy atom. The zero-order valence-corrected chi connectivity index (χ0v) is 21.7. The summed E-state index contributed by atoms with van der Waals surface area (Å²) in [6.45, 7) is 8.01. The third kappa shape index (κ3) is 6.85. The van der Waals surface area contributed by atoms with Gasteiger partial charge in [-0.2, -0.15) is 5.10 Å². The Morgan fingerprint density at radius 2 is 1.39 bits per heavy atom. The molecule has 8 nitrogen and oxygen atoms in total. The maximum atomic E-state index is 13.5. The molecule has 0 unspecified atom stereocenters. The minimum Gasteiger partial charge on any atom is -0.494 e. The van der Waals surface area contributed by atoms with E-state index in [0.717, 1.165) is 21.2 Å². The molecule has 0 fully saturated rings. The molecule has 0 aromatic heterocycles. The standard InChI is InChI=1S/C27H31N3O5S/c1-5-34-24-13-9-22(10-14-24)21(4)28-29-27(31)19-30(23-11-7-20(3)8-12-23)36(32,33)26-17-15-25(16-18-26)35-6-2/h7-18H,5-6,19H2,1-4H3,(H,29,31)/b28-21+. The van der Waals surface area contributed by atoms with Gasteiger partial charge in [-0.3, -0.25) is 9.10 Å². The van der Waals surface area contributed by atoms with Crippen LogP contribution in [0, 0.1) is 6.92 Å². The summed E-state index contributed by atoms with van der Waals surface area (Å²) < 4.78 is 39.0. The summed E-state index contributed by atoms with van der Waals surface area (Å²) >= 11 is 0. The minimum absolute atomic E-state index is 0.0494. The summed E-state index contributed by atoms with van der Waals surface area (Å²) in [6, 6.07) is 20.4. The summed E-state index contributed by atoms with van der Waals surface area (Å²) in [6.07, 6.45) is 0. The van der Waals surface area contributed by atoms with Gasteiger partial charge in [0.15, 0.2) is 0 Å². The Morgan fingerprint density at radius 1 is 0.861 bits per heavy atom. The zero-order chi connectivity index (χ0) is 26.1. The molecule has 0 radical (unpaired) electrons. The number of ether oxygens (including phenoxy) is 2. The second kappa shape index (κ2) is 12.2. The van der Waals surface area contributed by atoms with Gasteiger partial charge in [0.05, 0.1) is 29.5 Å². The molecule has 0 aliphatic heterocycles. The van der Waals surface area contributed by atoms with Crippen LogP contribution in [0.2, 0.25) is 0 Å². The number of carbonyl (C=O) groups excluding carboxylic acids is 1. The first-order valence-electron chi connectivity index (χ1n) is 11.6. The maximum Gasteiger partial charge on any atom is 0.264 e. The van der Waals surface area contributed by atoms with Gasteiger partial charge in [-0.1, -0.05) is 17.7 Å². The number of hydrogen-bond acceptors (Lipinski definition) is 6. The summed E-state index contributed by atoms with van der Waals surface area (Å²) in [5.74, 6) is 0.733. The minimum atomic E-state index is -4.04. The molecule has 0 heterocycles. The van der Waals surface area contributed by atoms with E-state index in [0.29, 0.717) is 30.4 Å². The molecule has 0 atom stereocenters. The molecule has 3 aromatic carbocycles. The number of carbonyl (C=O) groups is 1. The normalized spacial score (nSPS) is 11.6. The van der Waals surface area contributed by atoms with Crippen LogP contribution in [0.4, 0.5) is 5.69 Å². The van der Waals surface area contributed by atoms with E-state index in [1.54, 1.807) is 43.3 Å². The van der Waals surface area contributed by atoms with E-state index in [4.69, 9.17) is 9.47 Å². The third-order valence-electron chi connectivity index (χ3n) is 5.26. The maximum absolute atomic E-state index is 13.5. The first-order valence-corrected chi connectivity index (χ1v) is 13.1. The lowest BCUT2D eigenvalue weighted by Crippen LogP contribution is -2.39. The molecule has 0 spiro atoms. The van der Waals surface area contributed by atoms with Gasteiger partial charge < -0.3 is 9.47 Å². The molecule has 3 aromatic rings. The van der Waals surface area contributed by atoms with Crippen LogP contribution in [-0.4, -0.2) is 39.8 Å². The first kappa shape index (κ1) is 26.7. The van der Waals surface area contributed by atoms with Gasteiger partial charge >= 0.3 is 0 Å². The van der Waals surface area contributed by atoms with Crippen molar-refractivity contribution in [1.29, 1.82) is 0 Å². The van der Waals surface area contributed by atoms with Gasteiger partial charge in [-0.25, -0.2) is 13.8 Å². The highest BCUT2D eigenvalue weighted by Gasteiger charge is 2.27. The van der Waals surface area contributed by atoms with Crippen LogP contribution >= 0.6 is 0 Å². The number of anilines is 1. The highest BCUT2D eigenvalue weighted by Crippen LogP contribution is 2.25. The van der Waals surface area contributed by atoms with Gasteiger partial charge in [0.2, 0.25) is 0 Å². The van der Waals surface area contributed by atoms with Crippen LogP contribution < -0.4 is 19.2 Å². The van der Waals surface area contributed by atoms with Crippen molar-refractivity contribution in [3.8, 4) is 11.5 Å².